The van der Waals surface area contributed by atoms with Crippen LogP contribution in [-0.2, 0) is 13.5 Å². The van der Waals surface area contributed by atoms with Crippen molar-refractivity contribution in [2.75, 3.05) is 6.54 Å². The summed E-state index contributed by atoms with van der Waals surface area (Å²) in [5, 5.41) is 5.76. The van der Waals surface area contributed by atoms with Gasteiger partial charge in [-0.1, -0.05) is 6.92 Å². The minimum Gasteiger partial charge on any atom is -0.338 e. The number of hydrogen-bond acceptors (Lipinski definition) is 3. The van der Waals surface area contributed by atoms with Crippen LogP contribution in [0.4, 0.5) is 0 Å². The Morgan fingerprint density at radius 2 is 2.33 bits per heavy atom. The van der Waals surface area contributed by atoms with Crippen LogP contribution in [0.3, 0.4) is 0 Å². The molecule has 0 spiro atoms. The summed E-state index contributed by atoms with van der Waals surface area (Å²) < 4.78 is 2.10. The van der Waals surface area contributed by atoms with Crippen LogP contribution < -0.4 is 5.32 Å². The van der Waals surface area contributed by atoms with Crippen LogP contribution in [0.25, 0.3) is 0 Å². The van der Waals surface area contributed by atoms with Crippen LogP contribution >= 0.6 is 11.3 Å². The second-order valence-corrected chi connectivity index (χ2v) is 5.52. The van der Waals surface area contributed by atoms with E-state index in [0.717, 1.165) is 25.2 Å². The monoisotopic (exact) mass is 263 g/mol. The van der Waals surface area contributed by atoms with Crippen molar-refractivity contribution >= 4 is 11.3 Å². The van der Waals surface area contributed by atoms with Crippen molar-refractivity contribution in [2.45, 2.75) is 32.7 Å². The summed E-state index contributed by atoms with van der Waals surface area (Å²) in [7, 11) is 2.06. The van der Waals surface area contributed by atoms with E-state index in [4.69, 9.17) is 0 Å². The lowest BCUT2D eigenvalue weighted by molar-refractivity contribution is 0.511. The van der Waals surface area contributed by atoms with Gasteiger partial charge in [0.1, 0.15) is 5.82 Å². The summed E-state index contributed by atoms with van der Waals surface area (Å²) in [6, 6.07) is 2.65. The van der Waals surface area contributed by atoms with Crippen LogP contribution in [0.5, 0.6) is 0 Å². The molecule has 0 fully saturated rings. The summed E-state index contributed by atoms with van der Waals surface area (Å²) in [5.74, 6) is 1.16. The number of thiophene rings is 1. The standard InChI is InChI=1S/C14H21N3S/c1-4-15-12(14-11(2)7-10-18-14)5-6-13-16-8-9-17(13)3/h7-10,12,15H,4-6H2,1-3H3. The molecular weight excluding hydrogens is 242 g/mol. The molecule has 2 aromatic rings. The molecule has 0 aliphatic rings. The van der Waals surface area contributed by atoms with E-state index in [1.807, 2.05) is 23.7 Å². The Balaban J connectivity index is 2.03. The molecule has 1 N–H and O–H groups in total. The third kappa shape index (κ3) is 3.00. The molecule has 0 radical (unpaired) electrons. The first kappa shape index (κ1) is 13.3. The molecule has 0 aliphatic carbocycles. The number of aromatic nitrogens is 2. The van der Waals surface area contributed by atoms with Crippen LogP contribution in [0.2, 0.25) is 0 Å². The van der Waals surface area contributed by atoms with Gasteiger partial charge in [-0.15, -0.1) is 11.3 Å². The number of hydrogen-bond donors (Lipinski definition) is 1. The second kappa shape index (κ2) is 6.16. The molecule has 3 nitrogen and oxygen atoms in total. The van der Waals surface area contributed by atoms with Crippen molar-refractivity contribution in [2.24, 2.45) is 7.05 Å². The fraction of sp³-hybridized carbons (Fsp3) is 0.500. The SMILES string of the molecule is CCNC(CCc1nccn1C)c1sccc1C. The molecule has 2 heterocycles. The van der Waals surface area contributed by atoms with Crippen molar-refractivity contribution in [1.82, 2.24) is 14.9 Å². The van der Waals surface area contributed by atoms with Gasteiger partial charge >= 0.3 is 0 Å². The average molecular weight is 263 g/mol. The van der Waals surface area contributed by atoms with E-state index in [1.54, 1.807) is 0 Å². The van der Waals surface area contributed by atoms with Crippen LogP contribution in [-0.4, -0.2) is 16.1 Å². The highest BCUT2D eigenvalue weighted by atomic mass is 32.1. The van der Waals surface area contributed by atoms with Gasteiger partial charge in [0.15, 0.2) is 0 Å². The maximum atomic E-state index is 4.39. The maximum Gasteiger partial charge on any atom is 0.108 e. The van der Waals surface area contributed by atoms with Crippen molar-refractivity contribution < 1.29 is 0 Å². The number of nitrogens with one attached hydrogen (secondary N) is 1. The predicted octanol–water partition coefficient (Wildman–Crippen LogP) is 3.07. The fourth-order valence-corrected chi connectivity index (χ4v) is 3.26. The summed E-state index contributed by atoms with van der Waals surface area (Å²) >= 11 is 1.85. The molecule has 4 heteroatoms. The number of imidazole rings is 1. The summed E-state index contributed by atoms with van der Waals surface area (Å²) in [4.78, 5) is 5.85. The minimum atomic E-state index is 0.451. The lowest BCUT2D eigenvalue weighted by Crippen LogP contribution is -2.21. The van der Waals surface area contributed by atoms with Crippen LogP contribution in [0.15, 0.2) is 23.8 Å². The Morgan fingerprint density at radius 1 is 1.50 bits per heavy atom. The van der Waals surface area contributed by atoms with E-state index in [0.29, 0.717) is 6.04 Å². The highest BCUT2D eigenvalue weighted by Crippen LogP contribution is 2.27. The molecular formula is C14H21N3S. The third-order valence-corrected chi connectivity index (χ3v) is 4.38. The number of rotatable bonds is 6. The van der Waals surface area contributed by atoms with E-state index < -0.39 is 0 Å². The van der Waals surface area contributed by atoms with Crippen LogP contribution in [0, 0.1) is 6.92 Å². The minimum absolute atomic E-state index is 0.451. The molecule has 2 rings (SSSR count). The molecule has 1 unspecified atom stereocenters. The normalized spacial score (nSPS) is 12.8. The van der Waals surface area contributed by atoms with Crippen molar-refractivity contribution in [3.8, 4) is 0 Å². The Hall–Kier alpha value is -1.13. The quantitative estimate of drug-likeness (QED) is 0.868. The van der Waals surface area contributed by atoms with Gasteiger partial charge in [0, 0.05) is 36.8 Å². The molecule has 0 amide bonds. The van der Waals surface area contributed by atoms with Gasteiger partial charge in [0.25, 0.3) is 0 Å². The van der Waals surface area contributed by atoms with Gasteiger partial charge in [-0.2, -0.15) is 0 Å². The lowest BCUT2D eigenvalue weighted by atomic mass is 10.1. The van der Waals surface area contributed by atoms with Gasteiger partial charge in [0.05, 0.1) is 0 Å². The second-order valence-electron chi connectivity index (χ2n) is 4.57. The predicted molar refractivity (Wildman–Crippen MR) is 77.0 cm³/mol. The zero-order valence-electron chi connectivity index (χ0n) is 11.3. The smallest absolute Gasteiger partial charge is 0.108 e. The summed E-state index contributed by atoms with van der Waals surface area (Å²) in [6.07, 6.45) is 5.99. The average Bonchev–Trinajstić information content (AvgIpc) is 2.94. The van der Waals surface area contributed by atoms with Crippen molar-refractivity contribution in [3.63, 3.8) is 0 Å². The van der Waals surface area contributed by atoms with Gasteiger partial charge in [0.2, 0.25) is 0 Å². The first-order valence-electron chi connectivity index (χ1n) is 6.46. The highest BCUT2D eigenvalue weighted by molar-refractivity contribution is 7.10. The van der Waals surface area contributed by atoms with Gasteiger partial charge < -0.3 is 9.88 Å². The molecule has 0 aromatic carbocycles. The first-order chi connectivity index (χ1) is 8.72. The Morgan fingerprint density at radius 3 is 2.89 bits per heavy atom. The van der Waals surface area contributed by atoms with E-state index >= 15 is 0 Å². The highest BCUT2D eigenvalue weighted by Gasteiger charge is 2.14. The Bertz CT molecular complexity index is 487. The molecule has 18 heavy (non-hydrogen) atoms. The Labute approximate surface area is 113 Å². The zero-order chi connectivity index (χ0) is 13.0. The molecule has 1 atom stereocenters. The topological polar surface area (TPSA) is 29.9 Å². The van der Waals surface area contributed by atoms with E-state index in [9.17, 15) is 0 Å². The largest absolute Gasteiger partial charge is 0.338 e. The van der Waals surface area contributed by atoms with E-state index in [2.05, 4.69) is 47.2 Å². The van der Waals surface area contributed by atoms with Crippen LogP contribution in [0.1, 0.15) is 35.7 Å². The van der Waals surface area contributed by atoms with E-state index in [-0.39, 0.29) is 0 Å². The Kier molecular flexibility index (Phi) is 4.55. The fourth-order valence-electron chi connectivity index (χ4n) is 2.22. The molecule has 2 aromatic heterocycles. The number of nitrogens with zero attached hydrogens (tertiary/aromatic N) is 2. The molecule has 0 aliphatic heterocycles. The lowest BCUT2D eigenvalue weighted by Gasteiger charge is -2.17. The van der Waals surface area contributed by atoms with Crippen molar-refractivity contribution in [1.29, 1.82) is 0 Å². The first-order valence-corrected chi connectivity index (χ1v) is 7.34. The zero-order valence-corrected chi connectivity index (χ0v) is 12.1. The van der Waals surface area contributed by atoms with Crippen molar-refractivity contribution in [3.05, 3.63) is 40.1 Å². The van der Waals surface area contributed by atoms with E-state index in [1.165, 1.54) is 10.4 Å². The summed E-state index contributed by atoms with van der Waals surface area (Å²) in [6.45, 7) is 5.36. The third-order valence-electron chi connectivity index (χ3n) is 3.25. The summed E-state index contributed by atoms with van der Waals surface area (Å²) in [5.41, 5.74) is 1.39. The van der Waals surface area contributed by atoms with Gasteiger partial charge in [-0.05, 0) is 36.9 Å². The molecule has 0 saturated carbocycles. The molecule has 0 saturated heterocycles. The maximum absolute atomic E-state index is 4.39. The molecule has 98 valence electrons. The van der Waals surface area contributed by atoms with Gasteiger partial charge in [-0.25, -0.2) is 4.98 Å². The molecule has 0 bridgehead atoms. The number of aryl methyl sites for hydroxylation is 3. The van der Waals surface area contributed by atoms with Gasteiger partial charge in [-0.3, -0.25) is 0 Å².